The van der Waals surface area contributed by atoms with E-state index < -0.39 is 11.8 Å². The number of amides is 2. The summed E-state index contributed by atoms with van der Waals surface area (Å²) in [6.45, 7) is 2.02. The second-order valence-electron chi connectivity index (χ2n) is 6.72. The number of benzene rings is 2. The van der Waals surface area contributed by atoms with Gasteiger partial charge in [-0.25, -0.2) is 15.8 Å². The number of rotatable bonds is 7. The minimum Gasteiger partial charge on any atom is -0.459 e. The lowest BCUT2D eigenvalue weighted by Crippen LogP contribution is -2.43. The van der Waals surface area contributed by atoms with Gasteiger partial charge in [0.2, 0.25) is 0 Å². The Labute approximate surface area is 187 Å². The zero-order chi connectivity index (χ0) is 21.8. The van der Waals surface area contributed by atoms with E-state index in [0.717, 1.165) is 38.0 Å². The van der Waals surface area contributed by atoms with Gasteiger partial charge in [-0.05, 0) is 48.4 Å². The molecule has 9 heteroatoms. The van der Waals surface area contributed by atoms with Crippen molar-refractivity contribution >= 4 is 46.4 Å². The van der Waals surface area contributed by atoms with Crippen LogP contribution in [-0.2, 0) is 10.5 Å². The van der Waals surface area contributed by atoms with Crippen molar-refractivity contribution in [2.45, 2.75) is 22.7 Å². The van der Waals surface area contributed by atoms with E-state index in [-0.39, 0.29) is 11.5 Å². The molecule has 4 rings (SSSR count). The standard InChI is InChI=1S/C22H20N4O3S2/c1-14-15(12-31-22-24-16-7-2-3-8-17(16)25-22)6-4-10-19(14)30-13-20(27)26(23)21(28)18-9-5-11-29-18/h2-11H,12-13,23H2,1H3,(H,24,25). The normalized spacial score (nSPS) is 11.0. The number of H-pyrrole nitrogens is 1. The Morgan fingerprint density at radius 2 is 1.94 bits per heavy atom. The molecule has 0 saturated heterocycles. The average Bonchev–Trinajstić information content (AvgIpc) is 3.46. The van der Waals surface area contributed by atoms with Crippen LogP contribution in [0.25, 0.3) is 11.0 Å². The molecule has 158 valence electrons. The maximum atomic E-state index is 12.3. The molecule has 2 heterocycles. The summed E-state index contributed by atoms with van der Waals surface area (Å²) in [5.74, 6) is 5.34. The van der Waals surface area contributed by atoms with Crippen molar-refractivity contribution in [3.8, 4) is 0 Å². The van der Waals surface area contributed by atoms with E-state index >= 15 is 0 Å². The Balaban J connectivity index is 1.38. The number of hydrogen-bond acceptors (Lipinski definition) is 7. The van der Waals surface area contributed by atoms with Gasteiger partial charge in [0.15, 0.2) is 10.9 Å². The Morgan fingerprint density at radius 1 is 1.10 bits per heavy atom. The molecule has 2 aromatic heterocycles. The third kappa shape index (κ3) is 4.84. The minimum atomic E-state index is -0.664. The van der Waals surface area contributed by atoms with Gasteiger partial charge in [-0.3, -0.25) is 9.59 Å². The fraction of sp³-hybridized carbons (Fsp3) is 0.136. The molecule has 31 heavy (non-hydrogen) atoms. The zero-order valence-corrected chi connectivity index (χ0v) is 18.3. The van der Waals surface area contributed by atoms with Crippen LogP contribution in [0.4, 0.5) is 0 Å². The minimum absolute atomic E-state index is 0.0293. The highest BCUT2D eigenvalue weighted by atomic mass is 32.2. The number of para-hydroxylation sites is 2. The number of hydrogen-bond donors (Lipinski definition) is 2. The molecule has 0 unspecified atom stereocenters. The van der Waals surface area contributed by atoms with Gasteiger partial charge in [0.05, 0.1) is 23.0 Å². The van der Waals surface area contributed by atoms with Gasteiger partial charge in [-0.2, -0.15) is 0 Å². The molecule has 2 amide bonds. The van der Waals surface area contributed by atoms with E-state index in [1.807, 2.05) is 43.3 Å². The highest BCUT2D eigenvalue weighted by Gasteiger charge is 2.22. The predicted molar refractivity (Wildman–Crippen MR) is 122 cm³/mol. The fourth-order valence-electron chi connectivity index (χ4n) is 2.96. The van der Waals surface area contributed by atoms with Gasteiger partial charge in [-0.1, -0.05) is 36.0 Å². The van der Waals surface area contributed by atoms with Gasteiger partial charge in [0, 0.05) is 10.6 Å². The summed E-state index contributed by atoms with van der Waals surface area (Å²) < 4.78 is 5.01. The highest BCUT2D eigenvalue weighted by Crippen LogP contribution is 2.29. The lowest BCUT2D eigenvalue weighted by Gasteiger charge is -2.14. The number of fused-ring (bicyclic) bond motifs is 1. The molecule has 0 aliphatic heterocycles. The quantitative estimate of drug-likeness (QED) is 0.185. The van der Waals surface area contributed by atoms with E-state index in [2.05, 4.69) is 16.0 Å². The van der Waals surface area contributed by atoms with E-state index in [1.165, 1.54) is 24.1 Å². The van der Waals surface area contributed by atoms with Crippen LogP contribution < -0.4 is 5.84 Å². The predicted octanol–water partition coefficient (Wildman–Crippen LogP) is 4.39. The Kier molecular flexibility index (Phi) is 6.45. The van der Waals surface area contributed by atoms with Crippen molar-refractivity contribution in [2.75, 3.05) is 5.75 Å². The number of carbonyl (C=O) groups excluding carboxylic acids is 2. The molecular weight excluding hydrogens is 432 g/mol. The van der Waals surface area contributed by atoms with Gasteiger partial charge in [-0.15, -0.1) is 11.8 Å². The van der Waals surface area contributed by atoms with Gasteiger partial charge in [0.25, 0.3) is 5.91 Å². The number of hydrazine groups is 1. The van der Waals surface area contributed by atoms with Crippen molar-refractivity contribution in [3.63, 3.8) is 0 Å². The van der Waals surface area contributed by atoms with Crippen LogP contribution in [0.1, 0.15) is 21.7 Å². The van der Waals surface area contributed by atoms with Crippen molar-refractivity contribution in [2.24, 2.45) is 5.84 Å². The molecule has 0 radical (unpaired) electrons. The molecule has 0 spiro atoms. The summed E-state index contributed by atoms with van der Waals surface area (Å²) in [7, 11) is 0. The second-order valence-corrected chi connectivity index (χ2v) is 8.70. The first-order chi connectivity index (χ1) is 15.0. The number of imidazole rings is 1. The summed E-state index contributed by atoms with van der Waals surface area (Å²) in [6, 6.07) is 16.9. The van der Waals surface area contributed by atoms with Crippen molar-refractivity contribution in [3.05, 3.63) is 77.7 Å². The molecular formula is C22H20N4O3S2. The molecule has 2 aromatic carbocycles. The van der Waals surface area contributed by atoms with E-state index in [0.29, 0.717) is 5.01 Å². The second kappa shape index (κ2) is 9.42. The summed E-state index contributed by atoms with van der Waals surface area (Å²) in [6.07, 6.45) is 1.36. The number of aromatic amines is 1. The number of furan rings is 1. The Bertz CT molecular complexity index is 1190. The first-order valence-corrected chi connectivity index (χ1v) is 11.4. The van der Waals surface area contributed by atoms with Crippen molar-refractivity contribution < 1.29 is 14.0 Å². The van der Waals surface area contributed by atoms with Crippen LogP contribution in [0.2, 0.25) is 0 Å². The van der Waals surface area contributed by atoms with Crippen LogP contribution in [0.5, 0.6) is 0 Å². The molecule has 3 N–H and O–H groups in total. The van der Waals surface area contributed by atoms with E-state index in [1.54, 1.807) is 17.8 Å². The van der Waals surface area contributed by atoms with Crippen LogP contribution in [0.3, 0.4) is 0 Å². The van der Waals surface area contributed by atoms with E-state index in [4.69, 9.17) is 10.3 Å². The number of nitrogens with two attached hydrogens (primary N) is 1. The number of carbonyl (C=O) groups is 2. The molecule has 0 bridgehead atoms. The average molecular weight is 453 g/mol. The lowest BCUT2D eigenvalue weighted by molar-refractivity contribution is -0.126. The molecule has 0 atom stereocenters. The van der Waals surface area contributed by atoms with Crippen LogP contribution in [0.15, 0.2) is 75.3 Å². The molecule has 4 aromatic rings. The summed E-state index contributed by atoms with van der Waals surface area (Å²) >= 11 is 2.98. The van der Waals surface area contributed by atoms with Gasteiger partial charge < -0.3 is 9.40 Å². The Hall–Kier alpha value is -3.01. The van der Waals surface area contributed by atoms with Crippen LogP contribution in [-0.4, -0.2) is 32.5 Å². The van der Waals surface area contributed by atoms with Crippen molar-refractivity contribution in [1.82, 2.24) is 15.0 Å². The first kappa shape index (κ1) is 21.2. The summed E-state index contributed by atoms with van der Waals surface area (Å²) in [5, 5.41) is 1.46. The molecule has 0 fully saturated rings. The van der Waals surface area contributed by atoms with Gasteiger partial charge >= 0.3 is 5.91 Å². The summed E-state index contributed by atoms with van der Waals surface area (Å²) in [5.41, 5.74) is 4.20. The largest absolute Gasteiger partial charge is 0.459 e. The SMILES string of the molecule is Cc1c(CSc2nc3ccccc3[nH]2)cccc1SCC(=O)N(N)C(=O)c1ccco1. The van der Waals surface area contributed by atoms with Gasteiger partial charge in [0.1, 0.15) is 0 Å². The van der Waals surface area contributed by atoms with Crippen LogP contribution in [0, 0.1) is 6.92 Å². The maximum Gasteiger partial charge on any atom is 0.310 e. The number of thioether (sulfide) groups is 2. The third-order valence-corrected chi connectivity index (χ3v) is 6.77. The van der Waals surface area contributed by atoms with Crippen LogP contribution >= 0.6 is 23.5 Å². The topological polar surface area (TPSA) is 105 Å². The first-order valence-electron chi connectivity index (χ1n) is 9.47. The number of nitrogens with zero attached hydrogens (tertiary/aromatic N) is 2. The highest BCUT2D eigenvalue weighted by molar-refractivity contribution is 8.00. The lowest BCUT2D eigenvalue weighted by atomic mass is 10.1. The van der Waals surface area contributed by atoms with E-state index in [9.17, 15) is 9.59 Å². The zero-order valence-electron chi connectivity index (χ0n) is 16.7. The number of imide groups is 1. The third-order valence-electron chi connectivity index (χ3n) is 4.70. The molecule has 0 saturated carbocycles. The molecule has 7 nitrogen and oxygen atoms in total. The molecule has 0 aliphatic rings. The maximum absolute atomic E-state index is 12.3. The Morgan fingerprint density at radius 3 is 2.71 bits per heavy atom. The number of nitrogens with one attached hydrogen (secondary N) is 1. The smallest absolute Gasteiger partial charge is 0.310 e. The number of aromatic nitrogens is 2. The summed E-state index contributed by atoms with van der Waals surface area (Å²) in [4.78, 5) is 33.4. The fourth-order valence-corrected chi connectivity index (χ4v) is 4.85. The van der Waals surface area contributed by atoms with Crippen molar-refractivity contribution in [1.29, 1.82) is 0 Å². The molecule has 0 aliphatic carbocycles. The monoisotopic (exact) mass is 452 g/mol.